The fourth-order valence-electron chi connectivity index (χ4n) is 2.03. The van der Waals surface area contributed by atoms with Gasteiger partial charge >= 0.3 is 0 Å². The van der Waals surface area contributed by atoms with Crippen molar-refractivity contribution in [3.63, 3.8) is 0 Å². The average molecular weight is 296 g/mol. The zero-order valence-electron chi connectivity index (χ0n) is 12.4. The molecule has 0 fully saturated rings. The highest BCUT2D eigenvalue weighted by Crippen LogP contribution is 2.24. The first-order chi connectivity index (χ1) is 10.8. The fourth-order valence-corrected chi connectivity index (χ4v) is 2.03. The average Bonchev–Trinajstić information content (AvgIpc) is 3.06. The molecular formula is C17H16N2O3. The summed E-state index contributed by atoms with van der Waals surface area (Å²) < 4.78 is 16.3. The molecule has 0 spiro atoms. The Labute approximate surface area is 128 Å². The summed E-state index contributed by atoms with van der Waals surface area (Å²) in [4.78, 5) is 4.39. The predicted molar refractivity (Wildman–Crippen MR) is 81.8 cm³/mol. The minimum absolute atomic E-state index is 0.325. The van der Waals surface area contributed by atoms with Crippen LogP contribution in [0.5, 0.6) is 11.5 Å². The molecule has 0 aliphatic heterocycles. The molecular weight excluding hydrogens is 280 g/mol. The molecule has 3 rings (SSSR count). The van der Waals surface area contributed by atoms with Gasteiger partial charge in [-0.15, -0.1) is 0 Å². The molecule has 1 heterocycles. The van der Waals surface area contributed by atoms with Gasteiger partial charge in [0.05, 0.1) is 7.11 Å². The number of aromatic nitrogens is 2. The maximum atomic E-state index is 5.77. The first kappa shape index (κ1) is 14.1. The van der Waals surface area contributed by atoms with Crippen LogP contribution in [0.25, 0.3) is 11.4 Å². The van der Waals surface area contributed by atoms with E-state index in [0.717, 1.165) is 17.1 Å². The van der Waals surface area contributed by atoms with Crippen molar-refractivity contribution in [3.8, 4) is 22.9 Å². The Morgan fingerprint density at radius 3 is 2.55 bits per heavy atom. The monoisotopic (exact) mass is 296 g/mol. The highest BCUT2D eigenvalue weighted by atomic mass is 16.5. The zero-order chi connectivity index (χ0) is 15.4. The number of ether oxygens (including phenoxy) is 2. The van der Waals surface area contributed by atoms with Crippen LogP contribution in [-0.4, -0.2) is 17.3 Å². The molecule has 22 heavy (non-hydrogen) atoms. The van der Waals surface area contributed by atoms with E-state index >= 15 is 0 Å². The Hall–Kier alpha value is -2.82. The Bertz CT molecular complexity index is 740. The first-order valence-corrected chi connectivity index (χ1v) is 6.96. The molecule has 5 heteroatoms. The minimum atomic E-state index is -0.325. The molecule has 0 amide bonds. The van der Waals surface area contributed by atoms with Gasteiger partial charge in [-0.3, -0.25) is 0 Å². The lowest BCUT2D eigenvalue weighted by molar-refractivity contribution is 0.176. The van der Waals surface area contributed by atoms with E-state index in [0.29, 0.717) is 11.7 Å². The smallest absolute Gasteiger partial charge is 0.267 e. The number of hydrogen-bond donors (Lipinski definition) is 0. The van der Waals surface area contributed by atoms with Crippen LogP contribution in [0.1, 0.15) is 18.9 Å². The summed E-state index contributed by atoms with van der Waals surface area (Å²) in [5.74, 6) is 2.45. The molecule has 0 saturated carbocycles. The summed E-state index contributed by atoms with van der Waals surface area (Å²) in [7, 11) is 1.62. The number of methoxy groups -OCH3 is 1. The summed E-state index contributed by atoms with van der Waals surface area (Å²) >= 11 is 0. The topological polar surface area (TPSA) is 57.4 Å². The van der Waals surface area contributed by atoms with Crippen LogP contribution in [0.4, 0.5) is 0 Å². The molecule has 0 N–H and O–H groups in total. The van der Waals surface area contributed by atoms with Gasteiger partial charge in [0.1, 0.15) is 11.5 Å². The van der Waals surface area contributed by atoms with Crippen molar-refractivity contribution >= 4 is 0 Å². The quantitative estimate of drug-likeness (QED) is 0.715. The molecule has 1 aromatic heterocycles. The maximum Gasteiger partial charge on any atom is 0.267 e. The second-order valence-corrected chi connectivity index (χ2v) is 4.76. The van der Waals surface area contributed by atoms with Crippen LogP contribution >= 0.6 is 0 Å². The van der Waals surface area contributed by atoms with Crippen molar-refractivity contribution in [3.05, 3.63) is 60.5 Å². The molecule has 2 aromatic carbocycles. The number of hydrogen-bond acceptors (Lipinski definition) is 5. The van der Waals surface area contributed by atoms with Crippen LogP contribution in [0.15, 0.2) is 59.1 Å². The predicted octanol–water partition coefficient (Wildman–Crippen LogP) is 3.89. The van der Waals surface area contributed by atoms with Crippen LogP contribution in [-0.2, 0) is 0 Å². The third kappa shape index (κ3) is 3.09. The lowest BCUT2D eigenvalue weighted by Crippen LogP contribution is -2.03. The molecule has 0 bridgehead atoms. The summed E-state index contributed by atoms with van der Waals surface area (Å²) in [6, 6.07) is 17.0. The van der Waals surface area contributed by atoms with Crippen molar-refractivity contribution in [1.82, 2.24) is 10.1 Å². The second-order valence-electron chi connectivity index (χ2n) is 4.76. The SMILES string of the molecule is COc1cccc(-c2noc(C(C)Oc3ccccc3)n2)c1. The van der Waals surface area contributed by atoms with E-state index in [2.05, 4.69) is 10.1 Å². The van der Waals surface area contributed by atoms with E-state index in [-0.39, 0.29) is 6.10 Å². The highest BCUT2D eigenvalue weighted by Gasteiger charge is 2.17. The van der Waals surface area contributed by atoms with E-state index in [4.69, 9.17) is 14.0 Å². The van der Waals surface area contributed by atoms with E-state index in [1.165, 1.54) is 0 Å². The molecule has 3 aromatic rings. The third-order valence-electron chi connectivity index (χ3n) is 3.17. The summed E-state index contributed by atoms with van der Waals surface area (Å²) in [6.45, 7) is 1.87. The first-order valence-electron chi connectivity index (χ1n) is 6.96. The van der Waals surface area contributed by atoms with Gasteiger partial charge < -0.3 is 14.0 Å². The second kappa shape index (κ2) is 6.30. The zero-order valence-corrected chi connectivity index (χ0v) is 12.4. The van der Waals surface area contributed by atoms with Gasteiger partial charge in [-0.25, -0.2) is 0 Å². The normalized spacial score (nSPS) is 11.9. The van der Waals surface area contributed by atoms with Gasteiger partial charge in [0.15, 0.2) is 6.10 Å². The van der Waals surface area contributed by atoms with Crippen molar-refractivity contribution in [2.75, 3.05) is 7.11 Å². The maximum absolute atomic E-state index is 5.77. The lowest BCUT2D eigenvalue weighted by Gasteiger charge is -2.09. The Kier molecular flexibility index (Phi) is 4.05. The molecule has 5 nitrogen and oxygen atoms in total. The highest BCUT2D eigenvalue weighted by molar-refractivity contribution is 5.56. The largest absolute Gasteiger partial charge is 0.497 e. The number of nitrogens with zero attached hydrogens (tertiary/aromatic N) is 2. The van der Waals surface area contributed by atoms with E-state index in [1.807, 2.05) is 61.5 Å². The lowest BCUT2D eigenvalue weighted by atomic mass is 10.2. The Balaban J connectivity index is 1.78. The molecule has 0 aliphatic rings. The van der Waals surface area contributed by atoms with Crippen molar-refractivity contribution < 1.29 is 14.0 Å². The van der Waals surface area contributed by atoms with Crippen LogP contribution < -0.4 is 9.47 Å². The van der Waals surface area contributed by atoms with Crippen LogP contribution in [0.2, 0.25) is 0 Å². The molecule has 1 atom stereocenters. The fraction of sp³-hybridized carbons (Fsp3) is 0.176. The molecule has 0 saturated heterocycles. The molecule has 0 radical (unpaired) electrons. The molecule has 112 valence electrons. The van der Waals surface area contributed by atoms with Crippen molar-refractivity contribution in [2.45, 2.75) is 13.0 Å². The van der Waals surface area contributed by atoms with Crippen molar-refractivity contribution in [2.24, 2.45) is 0 Å². The Morgan fingerprint density at radius 1 is 1.00 bits per heavy atom. The molecule has 1 unspecified atom stereocenters. The van der Waals surface area contributed by atoms with Gasteiger partial charge in [0, 0.05) is 5.56 Å². The van der Waals surface area contributed by atoms with Gasteiger partial charge in [-0.05, 0) is 31.2 Å². The standard InChI is InChI=1S/C17H16N2O3/c1-12(21-14-8-4-3-5-9-14)17-18-16(19-22-17)13-7-6-10-15(11-13)20-2/h3-12H,1-2H3. The van der Waals surface area contributed by atoms with Gasteiger partial charge in [-0.2, -0.15) is 4.98 Å². The number of benzene rings is 2. The Morgan fingerprint density at radius 2 is 1.77 bits per heavy atom. The van der Waals surface area contributed by atoms with Crippen LogP contribution in [0.3, 0.4) is 0 Å². The van der Waals surface area contributed by atoms with Gasteiger partial charge in [0.2, 0.25) is 5.82 Å². The molecule has 0 aliphatic carbocycles. The number of rotatable bonds is 5. The summed E-state index contributed by atoms with van der Waals surface area (Å²) in [5.41, 5.74) is 0.835. The van der Waals surface area contributed by atoms with E-state index in [9.17, 15) is 0 Å². The van der Waals surface area contributed by atoms with Crippen LogP contribution in [0, 0.1) is 0 Å². The van der Waals surface area contributed by atoms with Gasteiger partial charge in [0.25, 0.3) is 5.89 Å². The summed E-state index contributed by atoms with van der Waals surface area (Å²) in [6.07, 6.45) is -0.325. The minimum Gasteiger partial charge on any atom is -0.497 e. The van der Waals surface area contributed by atoms with E-state index < -0.39 is 0 Å². The van der Waals surface area contributed by atoms with E-state index in [1.54, 1.807) is 7.11 Å². The third-order valence-corrected chi connectivity index (χ3v) is 3.17. The van der Waals surface area contributed by atoms with Crippen molar-refractivity contribution in [1.29, 1.82) is 0 Å². The number of para-hydroxylation sites is 1. The van der Waals surface area contributed by atoms with Gasteiger partial charge in [-0.1, -0.05) is 35.5 Å². The summed E-state index contributed by atoms with van der Waals surface area (Å²) in [5, 5.41) is 4.00.